The van der Waals surface area contributed by atoms with Gasteiger partial charge in [-0.3, -0.25) is 4.79 Å². The first kappa shape index (κ1) is 19.5. The fourth-order valence-electron chi connectivity index (χ4n) is 7.79. The number of ether oxygens (including phenoxy) is 2. The summed E-state index contributed by atoms with van der Waals surface area (Å²) in [6, 6.07) is 0. The van der Waals surface area contributed by atoms with Crippen LogP contribution in [-0.2, 0) is 19.1 Å². The van der Waals surface area contributed by atoms with Gasteiger partial charge < -0.3 is 19.7 Å². The summed E-state index contributed by atoms with van der Waals surface area (Å²) >= 11 is 0. The molecule has 5 rings (SSSR count). The van der Waals surface area contributed by atoms with Crippen molar-refractivity contribution in [3.63, 3.8) is 0 Å². The average molecular weight is 402 g/mol. The molecule has 4 aliphatic carbocycles. The first-order valence-corrected chi connectivity index (χ1v) is 10.7. The molecular formula is C23H30O6. The summed E-state index contributed by atoms with van der Waals surface area (Å²) in [5, 5.41) is 21.7. The molecule has 3 saturated carbocycles. The Balaban J connectivity index is 1.59. The lowest BCUT2D eigenvalue weighted by molar-refractivity contribution is -0.232. The molecule has 0 spiro atoms. The molecule has 158 valence electrons. The van der Waals surface area contributed by atoms with Crippen LogP contribution in [0.4, 0.5) is 0 Å². The number of aliphatic carboxylic acids is 1. The lowest BCUT2D eigenvalue weighted by Gasteiger charge is -2.59. The van der Waals surface area contributed by atoms with Crippen molar-refractivity contribution in [3.05, 3.63) is 23.8 Å². The number of aliphatic hydroxyl groups is 1. The summed E-state index contributed by atoms with van der Waals surface area (Å²) < 4.78 is 12.3. The monoisotopic (exact) mass is 402 g/mol. The van der Waals surface area contributed by atoms with Gasteiger partial charge in [-0.1, -0.05) is 25.5 Å². The van der Waals surface area contributed by atoms with Crippen LogP contribution >= 0.6 is 0 Å². The van der Waals surface area contributed by atoms with Gasteiger partial charge in [0.05, 0.1) is 6.10 Å². The molecule has 8 atom stereocenters. The fraction of sp³-hybridized carbons (Fsp3) is 0.739. The number of hydrogen-bond donors (Lipinski definition) is 2. The highest BCUT2D eigenvalue weighted by Crippen LogP contribution is 2.70. The third-order valence-electron chi connectivity index (χ3n) is 8.81. The molecule has 0 amide bonds. The van der Waals surface area contributed by atoms with Crippen LogP contribution in [0.2, 0.25) is 0 Å². The summed E-state index contributed by atoms with van der Waals surface area (Å²) in [6.45, 7) is 7.62. The van der Waals surface area contributed by atoms with E-state index in [-0.39, 0.29) is 29.0 Å². The Hall–Kier alpha value is -1.50. The van der Waals surface area contributed by atoms with Gasteiger partial charge >= 0.3 is 5.97 Å². The molecule has 0 unspecified atom stereocenters. The Labute approximate surface area is 170 Å². The zero-order chi connectivity index (χ0) is 21.0. The number of rotatable bonds is 1. The first-order chi connectivity index (χ1) is 13.4. The maximum Gasteiger partial charge on any atom is 0.339 e. The normalized spacial score (nSPS) is 52.2. The highest BCUT2D eigenvalue weighted by Gasteiger charge is 2.77. The van der Waals surface area contributed by atoms with Gasteiger partial charge in [-0.2, -0.15) is 0 Å². The second-order valence-electron chi connectivity index (χ2n) is 10.6. The molecule has 5 aliphatic rings. The lowest BCUT2D eigenvalue weighted by atomic mass is 9.46. The predicted octanol–water partition coefficient (Wildman–Crippen LogP) is 2.85. The molecule has 0 aromatic carbocycles. The number of fused-ring (bicyclic) bond motifs is 7. The van der Waals surface area contributed by atoms with Crippen LogP contribution in [0.5, 0.6) is 0 Å². The van der Waals surface area contributed by atoms with Gasteiger partial charge in [-0.25, -0.2) is 4.79 Å². The highest BCUT2D eigenvalue weighted by atomic mass is 16.8. The molecule has 0 radical (unpaired) electrons. The van der Waals surface area contributed by atoms with E-state index in [4.69, 9.17) is 9.47 Å². The van der Waals surface area contributed by atoms with Gasteiger partial charge in [-0.15, -0.1) is 0 Å². The second kappa shape index (κ2) is 5.59. The predicted molar refractivity (Wildman–Crippen MR) is 104 cm³/mol. The maximum atomic E-state index is 12.6. The van der Waals surface area contributed by atoms with Crippen LogP contribution in [0.1, 0.15) is 53.4 Å². The summed E-state index contributed by atoms with van der Waals surface area (Å²) in [5.74, 6) is -1.74. The standard InChI is InChI=1S/C23H30O6/c1-20(2)28-17-10-15-14-6-5-12-9-13(24)7-8-21(12,3)18(14)16(25)11-22(15,4)23(17,29-20)19(26)27/h7-9,14-18,25H,5-6,10-11H2,1-4H3,(H,26,27)/t14-,15+,16+,17+,18-,21-,22-,23-/m0/s1. The van der Waals surface area contributed by atoms with Crippen LogP contribution < -0.4 is 0 Å². The molecule has 1 aliphatic heterocycles. The van der Waals surface area contributed by atoms with Crippen LogP contribution in [0.25, 0.3) is 0 Å². The minimum atomic E-state index is -1.44. The second-order valence-corrected chi connectivity index (χ2v) is 10.6. The number of carboxylic acids is 1. The Bertz CT molecular complexity index is 857. The van der Waals surface area contributed by atoms with E-state index >= 15 is 0 Å². The smallest absolute Gasteiger partial charge is 0.339 e. The van der Waals surface area contributed by atoms with E-state index in [1.807, 2.05) is 13.0 Å². The zero-order valence-electron chi connectivity index (χ0n) is 17.5. The van der Waals surface area contributed by atoms with Gasteiger partial charge in [0.2, 0.25) is 0 Å². The van der Waals surface area contributed by atoms with Gasteiger partial charge in [-0.05, 0) is 63.5 Å². The van der Waals surface area contributed by atoms with E-state index in [0.717, 1.165) is 18.4 Å². The lowest BCUT2D eigenvalue weighted by Crippen LogP contribution is -2.63. The van der Waals surface area contributed by atoms with Crippen molar-refractivity contribution in [2.45, 2.75) is 77.0 Å². The summed E-state index contributed by atoms with van der Waals surface area (Å²) in [4.78, 5) is 24.5. The van der Waals surface area contributed by atoms with Gasteiger partial charge in [0.15, 0.2) is 17.2 Å². The van der Waals surface area contributed by atoms with E-state index in [0.29, 0.717) is 12.8 Å². The highest BCUT2D eigenvalue weighted by molar-refractivity contribution is 6.01. The third-order valence-corrected chi connectivity index (χ3v) is 8.81. The number of hydrogen-bond acceptors (Lipinski definition) is 5. The molecule has 6 nitrogen and oxygen atoms in total. The molecule has 2 N–H and O–H groups in total. The molecular weight excluding hydrogens is 372 g/mol. The molecule has 0 aromatic heterocycles. The van der Waals surface area contributed by atoms with E-state index in [9.17, 15) is 19.8 Å². The average Bonchev–Trinajstić information content (AvgIpc) is 3.02. The van der Waals surface area contributed by atoms with Crippen molar-refractivity contribution in [2.75, 3.05) is 0 Å². The summed E-state index contributed by atoms with van der Waals surface area (Å²) in [7, 11) is 0. The summed E-state index contributed by atoms with van der Waals surface area (Å²) in [5.41, 5.74) is -1.44. The molecule has 29 heavy (non-hydrogen) atoms. The molecule has 1 saturated heterocycles. The van der Waals surface area contributed by atoms with Gasteiger partial charge in [0, 0.05) is 16.7 Å². The molecule has 4 fully saturated rings. The van der Waals surface area contributed by atoms with Crippen LogP contribution in [0.15, 0.2) is 23.8 Å². The van der Waals surface area contributed by atoms with Crippen LogP contribution in [0, 0.1) is 28.6 Å². The topological polar surface area (TPSA) is 93.1 Å². The van der Waals surface area contributed by atoms with Crippen molar-refractivity contribution in [1.29, 1.82) is 0 Å². The molecule has 0 aromatic rings. The van der Waals surface area contributed by atoms with Crippen molar-refractivity contribution in [2.24, 2.45) is 28.6 Å². The number of allylic oxidation sites excluding steroid dienone is 4. The fourth-order valence-corrected chi connectivity index (χ4v) is 7.79. The van der Waals surface area contributed by atoms with E-state index in [2.05, 4.69) is 6.92 Å². The Morgan fingerprint density at radius 1 is 1.24 bits per heavy atom. The molecule has 1 heterocycles. The number of aliphatic hydroxyl groups excluding tert-OH is 1. The van der Waals surface area contributed by atoms with Gasteiger partial charge in [0.1, 0.15) is 6.10 Å². The SMILES string of the molecule is CC1(C)O[C@@H]2C[C@@H]3[C@@H]4CCC5=CC(=O)C=C[C@]5(C)[C@@H]4[C@H](O)C[C@]3(C)[C@]2(C(=O)O)O1. The Morgan fingerprint density at radius 2 is 1.97 bits per heavy atom. The van der Waals surface area contributed by atoms with Gasteiger partial charge in [0.25, 0.3) is 0 Å². The van der Waals surface area contributed by atoms with Crippen molar-refractivity contribution < 1.29 is 29.3 Å². The van der Waals surface area contributed by atoms with E-state index in [1.165, 1.54) is 0 Å². The number of ketones is 1. The zero-order valence-corrected chi connectivity index (χ0v) is 17.5. The number of carbonyl (C=O) groups excluding carboxylic acids is 1. The van der Waals surface area contributed by atoms with E-state index in [1.54, 1.807) is 26.0 Å². The first-order valence-electron chi connectivity index (χ1n) is 10.7. The van der Waals surface area contributed by atoms with E-state index < -0.39 is 35.0 Å². The van der Waals surface area contributed by atoms with Crippen LogP contribution in [0.3, 0.4) is 0 Å². The van der Waals surface area contributed by atoms with Crippen molar-refractivity contribution >= 4 is 11.8 Å². The molecule has 6 heteroatoms. The quantitative estimate of drug-likeness (QED) is 0.701. The van der Waals surface area contributed by atoms with Crippen LogP contribution in [-0.4, -0.2) is 45.6 Å². The number of carboxylic acid groups (broad SMARTS) is 1. The Kier molecular flexibility index (Phi) is 3.75. The maximum absolute atomic E-state index is 12.6. The van der Waals surface area contributed by atoms with Crippen molar-refractivity contribution in [1.82, 2.24) is 0 Å². The number of carbonyl (C=O) groups is 2. The summed E-state index contributed by atoms with van der Waals surface area (Å²) in [6.07, 6.45) is 6.73. The Morgan fingerprint density at radius 3 is 2.66 bits per heavy atom. The minimum Gasteiger partial charge on any atom is -0.479 e. The third kappa shape index (κ3) is 2.23. The largest absolute Gasteiger partial charge is 0.479 e. The minimum absolute atomic E-state index is 0.00956. The molecule has 0 bridgehead atoms. The van der Waals surface area contributed by atoms with Crippen molar-refractivity contribution in [3.8, 4) is 0 Å².